The molecule has 0 saturated carbocycles. The van der Waals surface area contributed by atoms with Gasteiger partial charge in [0.25, 0.3) is 0 Å². The van der Waals surface area contributed by atoms with Crippen molar-refractivity contribution in [2.45, 2.75) is 45.2 Å². The van der Waals surface area contributed by atoms with E-state index < -0.39 is 0 Å². The molecule has 82 valence electrons. The van der Waals surface area contributed by atoms with E-state index in [1.165, 1.54) is 19.3 Å². The molecule has 0 aliphatic rings. The van der Waals surface area contributed by atoms with Crippen LogP contribution in [0.1, 0.15) is 39.0 Å². The van der Waals surface area contributed by atoms with Crippen LogP contribution < -0.4 is 23.4 Å². The molecule has 0 heterocycles. The maximum atomic E-state index is 5.49. The van der Waals surface area contributed by atoms with E-state index in [0.717, 1.165) is 19.4 Å². The van der Waals surface area contributed by atoms with Crippen molar-refractivity contribution < 1.29 is 0 Å². The molecule has 4 heteroatoms. The number of hydrogen-bond acceptors (Lipinski definition) is 4. The highest BCUT2D eigenvalue weighted by atomic mass is 14.8. The first-order chi connectivity index (χ1) is 5.66. The van der Waals surface area contributed by atoms with Crippen molar-refractivity contribution >= 4 is 0 Å². The zero-order valence-electron chi connectivity index (χ0n) is 8.84. The molecular formula is C9H26N4. The van der Waals surface area contributed by atoms with E-state index >= 15 is 0 Å². The molecule has 0 aromatic carbocycles. The molecule has 0 aromatic heterocycles. The Morgan fingerprint density at radius 1 is 1.00 bits per heavy atom. The van der Waals surface area contributed by atoms with Gasteiger partial charge in [-0.3, -0.25) is 0 Å². The first-order valence-corrected chi connectivity index (χ1v) is 4.88. The van der Waals surface area contributed by atoms with Crippen molar-refractivity contribution in [2.24, 2.45) is 23.1 Å². The summed E-state index contributed by atoms with van der Waals surface area (Å²) in [7, 11) is 0. The molecule has 0 saturated heterocycles. The molecule has 1 unspecified atom stereocenters. The Kier molecular flexibility index (Phi) is 11.7. The molecule has 0 rings (SSSR count). The molecule has 13 heavy (non-hydrogen) atoms. The van der Waals surface area contributed by atoms with Crippen molar-refractivity contribution in [1.82, 2.24) is 6.15 Å². The highest BCUT2D eigenvalue weighted by Gasteiger charge is 1.99. The molecule has 0 aromatic rings. The molecule has 4 nitrogen and oxygen atoms in total. The van der Waals surface area contributed by atoms with Gasteiger partial charge in [-0.25, -0.2) is 0 Å². The van der Waals surface area contributed by atoms with Crippen molar-refractivity contribution in [1.29, 1.82) is 0 Å². The Bertz CT molecular complexity index is 95.6. The Labute approximate surface area is 81.8 Å². The quantitative estimate of drug-likeness (QED) is 0.353. The lowest BCUT2D eigenvalue weighted by Crippen LogP contribution is -2.29. The first-order valence-electron chi connectivity index (χ1n) is 4.88. The van der Waals surface area contributed by atoms with Crippen LogP contribution in [0.5, 0.6) is 0 Å². The van der Waals surface area contributed by atoms with Crippen LogP contribution in [0.25, 0.3) is 0 Å². The largest absolute Gasteiger partial charge is 0.344 e. The Hall–Kier alpha value is -0.160. The molecule has 0 amide bonds. The van der Waals surface area contributed by atoms with E-state index in [1.807, 2.05) is 0 Å². The highest BCUT2D eigenvalue weighted by molar-refractivity contribution is 4.55. The van der Waals surface area contributed by atoms with Crippen LogP contribution in [-0.2, 0) is 0 Å². The van der Waals surface area contributed by atoms with Crippen molar-refractivity contribution in [2.75, 3.05) is 6.54 Å². The number of hydrogen-bond donors (Lipinski definition) is 4. The molecular weight excluding hydrogens is 164 g/mol. The highest BCUT2D eigenvalue weighted by Crippen LogP contribution is 2.09. The summed E-state index contributed by atoms with van der Waals surface area (Å²) in [5.74, 6) is 0.663. The fraction of sp³-hybridized carbons (Fsp3) is 1.00. The van der Waals surface area contributed by atoms with Crippen LogP contribution in [0.2, 0.25) is 0 Å². The van der Waals surface area contributed by atoms with Gasteiger partial charge in [-0.1, -0.05) is 26.2 Å². The normalized spacial score (nSPS) is 12.7. The second kappa shape index (κ2) is 9.92. The average molecular weight is 190 g/mol. The van der Waals surface area contributed by atoms with Gasteiger partial charge < -0.3 is 23.4 Å². The van der Waals surface area contributed by atoms with Gasteiger partial charge in [0.2, 0.25) is 0 Å². The summed E-state index contributed by atoms with van der Waals surface area (Å²) in [6.45, 7) is 2.99. The number of rotatable bonds is 7. The van der Waals surface area contributed by atoms with Gasteiger partial charge in [0, 0.05) is 0 Å². The second-order valence-corrected chi connectivity index (χ2v) is 3.64. The molecule has 0 radical (unpaired) electrons. The van der Waals surface area contributed by atoms with E-state index in [4.69, 9.17) is 17.2 Å². The van der Waals surface area contributed by atoms with Gasteiger partial charge in [-0.05, 0) is 25.3 Å². The minimum atomic E-state index is -0.128. The van der Waals surface area contributed by atoms with Gasteiger partial charge >= 0.3 is 0 Å². The van der Waals surface area contributed by atoms with E-state index in [1.54, 1.807) is 0 Å². The second-order valence-electron chi connectivity index (χ2n) is 3.64. The standard InChI is InChI=1S/C9H23N3.H3N/c1-8(7-10)5-3-2-4-6-9(11)12;/h8-9H,2-7,10-12H2,1H3;1H3. The van der Waals surface area contributed by atoms with Crippen LogP contribution in [0.3, 0.4) is 0 Å². The fourth-order valence-corrected chi connectivity index (χ4v) is 1.17. The first kappa shape index (κ1) is 15.3. The van der Waals surface area contributed by atoms with E-state index in [9.17, 15) is 0 Å². The third kappa shape index (κ3) is 11.8. The molecule has 9 N–H and O–H groups in total. The van der Waals surface area contributed by atoms with Gasteiger partial charge in [-0.15, -0.1) is 0 Å². The Morgan fingerprint density at radius 3 is 2.00 bits per heavy atom. The predicted molar refractivity (Wildman–Crippen MR) is 58.5 cm³/mol. The van der Waals surface area contributed by atoms with E-state index in [0.29, 0.717) is 5.92 Å². The number of unbranched alkanes of at least 4 members (excludes halogenated alkanes) is 2. The van der Waals surface area contributed by atoms with Crippen molar-refractivity contribution in [3.05, 3.63) is 0 Å². The van der Waals surface area contributed by atoms with E-state index in [2.05, 4.69) is 6.92 Å². The lowest BCUT2D eigenvalue weighted by molar-refractivity contribution is 0.483. The van der Waals surface area contributed by atoms with Crippen molar-refractivity contribution in [3.63, 3.8) is 0 Å². The zero-order valence-corrected chi connectivity index (χ0v) is 8.84. The average Bonchev–Trinajstić information content (AvgIpc) is 2.03. The van der Waals surface area contributed by atoms with Gasteiger partial charge in [0.05, 0.1) is 6.17 Å². The number of nitrogens with two attached hydrogens (primary N) is 3. The van der Waals surface area contributed by atoms with Gasteiger partial charge in [0.15, 0.2) is 0 Å². The van der Waals surface area contributed by atoms with Crippen LogP contribution in [0, 0.1) is 5.92 Å². The fourth-order valence-electron chi connectivity index (χ4n) is 1.17. The van der Waals surface area contributed by atoms with Crippen LogP contribution >= 0.6 is 0 Å². The minimum Gasteiger partial charge on any atom is -0.344 e. The molecule has 0 aliphatic heterocycles. The molecule has 0 fully saturated rings. The maximum absolute atomic E-state index is 5.49. The predicted octanol–water partition coefficient (Wildman–Crippen LogP) is 0.937. The monoisotopic (exact) mass is 190 g/mol. The zero-order chi connectivity index (χ0) is 9.40. The van der Waals surface area contributed by atoms with Crippen LogP contribution in [0.15, 0.2) is 0 Å². The van der Waals surface area contributed by atoms with Crippen LogP contribution in [-0.4, -0.2) is 12.7 Å². The van der Waals surface area contributed by atoms with Crippen LogP contribution in [0.4, 0.5) is 0 Å². The molecule has 1 atom stereocenters. The summed E-state index contributed by atoms with van der Waals surface area (Å²) >= 11 is 0. The lowest BCUT2D eigenvalue weighted by atomic mass is 10.0. The SMILES string of the molecule is CC(CN)CCCCCC(N)N.N. The topological polar surface area (TPSA) is 113 Å². The van der Waals surface area contributed by atoms with Gasteiger partial charge in [0.1, 0.15) is 0 Å². The summed E-state index contributed by atoms with van der Waals surface area (Å²) in [5.41, 5.74) is 16.3. The summed E-state index contributed by atoms with van der Waals surface area (Å²) in [4.78, 5) is 0. The Balaban J connectivity index is 0. The van der Waals surface area contributed by atoms with Crippen molar-refractivity contribution in [3.8, 4) is 0 Å². The molecule has 0 spiro atoms. The Morgan fingerprint density at radius 2 is 1.54 bits per heavy atom. The summed E-state index contributed by atoms with van der Waals surface area (Å²) in [5, 5.41) is 0. The minimum absolute atomic E-state index is 0. The third-order valence-corrected chi connectivity index (χ3v) is 2.14. The summed E-state index contributed by atoms with van der Waals surface area (Å²) in [6, 6.07) is 0. The van der Waals surface area contributed by atoms with E-state index in [-0.39, 0.29) is 12.3 Å². The molecule has 0 aliphatic carbocycles. The third-order valence-electron chi connectivity index (χ3n) is 2.14. The summed E-state index contributed by atoms with van der Waals surface area (Å²) in [6.07, 6.45) is 5.68. The summed E-state index contributed by atoms with van der Waals surface area (Å²) < 4.78 is 0. The van der Waals surface area contributed by atoms with Gasteiger partial charge in [-0.2, -0.15) is 0 Å². The molecule has 0 bridgehead atoms. The smallest absolute Gasteiger partial charge is 0.0520 e. The maximum Gasteiger partial charge on any atom is 0.0520 e. The lowest BCUT2D eigenvalue weighted by Gasteiger charge is -2.08.